The van der Waals surface area contributed by atoms with Crippen molar-refractivity contribution in [3.8, 4) is 0 Å². The van der Waals surface area contributed by atoms with Gasteiger partial charge >= 0.3 is 0 Å². The van der Waals surface area contributed by atoms with Gasteiger partial charge in [0.25, 0.3) is 0 Å². The average molecular weight is 429 g/mol. The third kappa shape index (κ3) is 15.8. The van der Waals surface area contributed by atoms with Gasteiger partial charge in [0.15, 0.2) is 0 Å². The Morgan fingerprint density at radius 3 is 1.05 bits per heavy atom. The first kappa shape index (κ1) is 20.2. The molecule has 1 saturated heterocycles. The fraction of sp³-hybridized carbons (Fsp3) is 1.00. The van der Waals surface area contributed by atoms with Gasteiger partial charge in [-0.05, 0) is 81.6 Å². The summed E-state index contributed by atoms with van der Waals surface area (Å²) in [5.74, 6) is 2.63. The number of hydrogen-bond acceptors (Lipinski definition) is 9. The summed E-state index contributed by atoms with van der Waals surface area (Å²) in [4.78, 5) is 0. The van der Waals surface area contributed by atoms with Crippen molar-refractivity contribution in [2.45, 2.75) is 51.4 Å². The Bertz CT molecular complexity index is 99.7. The van der Waals surface area contributed by atoms with E-state index in [4.69, 9.17) is 0 Å². The summed E-state index contributed by atoms with van der Waals surface area (Å²) in [6.07, 6.45) is 11.4. The summed E-state index contributed by atoms with van der Waals surface area (Å²) >= 11 is 0. The second-order valence-electron chi connectivity index (χ2n) is 3.95. The zero-order valence-electron chi connectivity index (χ0n) is 10.7. The molecule has 19 heavy (non-hydrogen) atoms. The number of rotatable bonds is 0. The predicted molar refractivity (Wildman–Crippen MR) is 115 cm³/mol. The summed E-state index contributed by atoms with van der Waals surface area (Å²) < 4.78 is 0. The molecule has 0 N–H and O–H groups in total. The first-order valence-corrected chi connectivity index (χ1v) is 18.2. The highest BCUT2D eigenvalue weighted by molar-refractivity contribution is 9.51. The topological polar surface area (TPSA) is 0 Å². The van der Waals surface area contributed by atoms with Crippen LogP contribution in [0.15, 0.2) is 0 Å². The molecule has 0 amide bonds. The van der Waals surface area contributed by atoms with Gasteiger partial charge in [0.1, 0.15) is 0 Å². The van der Waals surface area contributed by atoms with Crippen molar-refractivity contribution in [1.82, 2.24) is 0 Å². The smallest absolute Gasteiger partial charge is 0.00454 e. The highest BCUT2D eigenvalue weighted by atomic mass is 34.0. The minimum Gasteiger partial charge on any atom is -0.0817 e. The van der Waals surface area contributed by atoms with E-state index in [0.29, 0.717) is 0 Å². The summed E-state index contributed by atoms with van der Waals surface area (Å²) in [5.41, 5.74) is 0. The van der Waals surface area contributed by atoms with Gasteiger partial charge < -0.3 is 0 Å². The van der Waals surface area contributed by atoms with Crippen LogP contribution >= 0.6 is 90.4 Å². The van der Waals surface area contributed by atoms with E-state index in [1.807, 2.05) is 90.4 Å². The van der Waals surface area contributed by atoms with Crippen LogP contribution in [0.2, 0.25) is 0 Å². The molecule has 0 aromatic carbocycles. The molecule has 0 aliphatic carbocycles. The largest absolute Gasteiger partial charge is 0.0817 e. The molecule has 0 atom stereocenters. The molecule has 1 fully saturated rings. The maximum atomic E-state index is 2.02. The van der Waals surface area contributed by atoms with Crippen molar-refractivity contribution in [2.75, 3.05) is 11.5 Å². The molecule has 0 unspecified atom stereocenters. The maximum Gasteiger partial charge on any atom is 0.00454 e. The van der Waals surface area contributed by atoms with Crippen molar-refractivity contribution in [3.05, 3.63) is 0 Å². The molecular formula is C10H20S9. The van der Waals surface area contributed by atoms with Gasteiger partial charge in [0.05, 0.1) is 0 Å². The molecule has 1 heterocycles. The van der Waals surface area contributed by atoms with Crippen LogP contribution < -0.4 is 0 Å². The summed E-state index contributed by atoms with van der Waals surface area (Å²) in [7, 11) is 17.4. The van der Waals surface area contributed by atoms with E-state index in [0.717, 1.165) is 0 Å². The zero-order chi connectivity index (χ0) is 13.4. The third-order valence-corrected chi connectivity index (χ3v) is 20.2. The van der Waals surface area contributed by atoms with Crippen LogP contribution in [0.5, 0.6) is 0 Å². The van der Waals surface area contributed by atoms with E-state index in [1.54, 1.807) is 0 Å². The maximum absolute atomic E-state index is 2.02. The second-order valence-corrected chi connectivity index (χ2v) is 19.0. The summed E-state index contributed by atoms with van der Waals surface area (Å²) in [5, 5.41) is 0. The van der Waals surface area contributed by atoms with Gasteiger partial charge in [-0.25, -0.2) is 0 Å². The van der Waals surface area contributed by atoms with Crippen LogP contribution in [0.3, 0.4) is 0 Å². The Morgan fingerprint density at radius 1 is 0.316 bits per heavy atom. The Hall–Kier alpha value is 3.15. The van der Waals surface area contributed by atoms with E-state index in [1.165, 1.54) is 62.9 Å². The molecule has 0 aromatic rings. The zero-order valence-corrected chi connectivity index (χ0v) is 18.1. The van der Waals surface area contributed by atoms with Crippen molar-refractivity contribution >= 4 is 90.4 Å². The van der Waals surface area contributed by atoms with Crippen molar-refractivity contribution in [3.63, 3.8) is 0 Å². The van der Waals surface area contributed by atoms with E-state index in [2.05, 4.69) is 0 Å². The third-order valence-electron chi connectivity index (χ3n) is 2.47. The second kappa shape index (κ2) is 17.5. The van der Waals surface area contributed by atoms with Crippen molar-refractivity contribution in [1.29, 1.82) is 0 Å². The molecule has 0 aromatic heterocycles. The Balaban J connectivity index is 2.01. The van der Waals surface area contributed by atoms with Gasteiger partial charge in [0, 0.05) is 11.5 Å². The molecule has 0 radical (unpaired) electrons. The first-order chi connectivity index (χ1) is 9.50. The highest BCUT2D eigenvalue weighted by Crippen LogP contribution is 2.58. The van der Waals surface area contributed by atoms with Crippen LogP contribution in [0.4, 0.5) is 0 Å². The quantitative estimate of drug-likeness (QED) is 0.343. The molecule has 0 bridgehead atoms. The van der Waals surface area contributed by atoms with Gasteiger partial charge in [0.2, 0.25) is 0 Å². The van der Waals surface area contributed by atoms with E-state index in [9.17, 15) is 0 Å². The van der Waals surface area contributed by atoms with Crippen LogP contribution in [0.1, 0.15) is 51.4 Å². The van der Waals surface area contributed by atoms with Crippen molar-refractivity contribution < 1.29 is 0 Å². The fourth-order valence-corrected chi connectivity index (χ4v) is 21.5. The Morgan fingerprint density at radius 2 is 0.632 bits per heavy atom. The van der Waals surface area contributed by atoms with Crippen LogP contribution in [0, 0.1) is 0 Å². The van der Waals surface area contributed by atoms with Crippen LogP contribution in [0.25, 0.3) is 0 Å². The van der Waals surface area contributed by atoms with E-state index in [-0.39, 0.29) is 0 Å². The Kier molecular flexibility index (Phi) is 18.6. The minimum absolute atomic E-state index is 1.32. The van der Waals surface area contributed by atoms with Crippen LogP contribution in [-0.2, 0) is 0 Å². The Labute approximate surface area is 151 Å². The summed E-state index contributed by atoms with van der Waals surface area (Å²) in [6.45, 7) is 0. The lowest BCUT2D eigenvalue weighted by molar-refractivity contribution is 0.588. The molecule has 114 valence electrons. The molecule has 1 aliphatic rings. The summed E-state index contributed by atoms with van der Waals surface area (Å²) in [6, 6.07) is 0. The van der Waals surface area contributed by atoms with E-state index < -0.39 is 0 Å². The number of hydrogen-bond donors (Lipinski definition) is 0. The van der Waals surface area contributed by atoms with Crippen LogP contribution in [-0.4, -0.2) is 11.5 Å². The molecule has 1 aliphatic heterocycles. The van der Waals surface area contributed by atoms with Crippen molar-refractivity contribution in [2.24, 2.45) is 0 Å². The predicted octanol–water partition coefficient (Wildman–Crippen LogP) is 9.04. The molecule has 0 nitrogen and oxygen atoms in total. The monoisotopic (exact) mass is 428 g/mol. The molecule has 0 spiro atoms. The standard InChI is InChI=1S/C10H20S9/c1-2-4-6-8-10-12-14-16-18-19-17-15-13-11-9-7-5-3-1/h1-10H2. The SMILES string of the molecule is C1CCCCCSSSSSSSSSCCCC1. The van der Waals surface area contributed by atoms with E-state index >= 15 is 0 Å². The highest BCUT2D eigenvalue weighted by Gasteiger charge is 1.99. The molecule has 9 heteroatoms. The van der Waals surface area contributed by atoms with Gasteiger partial charge in [-0.3, -0.25) is 0 Å². The lowest BCUT2D eigenvalue weighted by Crippen LogP contribution is -1.83. The minimum atomic E-state index is 1.32. The van der Waals surface area contributed by atoms with Gasteiger partial charge in [-0.15, -0.1) is 0 Å². The average Bonchev–Trinajstić information content (AvgIpc) is 2.43. The fourth-order valence-electron chi connectivity index (χ4n) is 1.55. The molecule has 1 rings (SSSR count). The van der Waals surface area contributed by atoms with Gasteiger partial charge in [-0.1, -0.05) is 60.1 Å². The van der Waals surface area contributed by atoms with Gasteiger partial charge in [-0.2, -0.15) is 0 Å². The normalized spacial score (nSPS) is 24.0. The molecule has 0 saturated carbocycles. The lowest BCUT2D eigenvalue weighted by Gasteiger charge is -2.02. The first-order valence-electron chi connectivity index (χ1n) is 6.41. The molecular weight excluding hydrogens is 409 g/mol. The lowest BCUT2D eigenvalue weighted by atomic mass is 10.1.